The van der Waals surface area contributed by atoms with Crippen molar-refractivity contribution in [2.75, 3.05) is 27.3 Å². The molecule has 1 heterocycles. The van der Waals surface area contributed by atoms with E-state index in [9.17, 15) is 4.79 Å². The van der Waals surface area contributed by atoms with E-state index in [1.165, 1.54) is 0 Å². The topological polar surface area (TPSA) is 47.6 Å². The zero-order valence-corrected chi connectivity index (χ0v) is 13.4. The number of piperidine rings is 1. The quantitative estimate of drug-likeness (QED) is 0.847. The molecule has 1 N–H and O–H groups in total. The highest BCUT2D eigenvalue weighted by atomic mass is 16.5. The molecule has 0 aromatic heterocycles. The Morgan fingerprint density at radius 1 is 1.29 bits per heavy atom. The van der Waals surface area contributed by atoms with Crippen LogP contribution in [-0.4, -0.2) is 33.1 Å². The van der Waals surface area contributed by atoms with Gasteiger partial charge in [-0.2, -0.15) is 0 Å². The van der Waals surface area contributed by atoms with E-state index in [2.05, 4.69) is 5.32 Å². The number of ketones is 1. The Balaban J connectivity index is 2.29. The Hall–Kier alpha value is -1.55. The maximum absolute atomic E-state index is 13.0. The lowest BCUT2D eigenvalue weighted by atomic mass is 9.70. The molecule has 1 aliphatic heterocycles. The van der Waals surface area contributed by atoms with Crippen LogP contribution in [0.1, 0.15) is 37.0 Å². The number of carbonyl (C=O) groups is 1. The number of methoxy groups -OCH3 is 2. The first-order valence-electron chi connectivity index (χ1n) is 7.48. The van der Waals surface area contributed by atoms with Crippen molar-refractivity contribution in [3.63, 3.8) is 0 Å². The van der Waals surface area contributed by atoms with Gasteiger partial charge in [-0.1, -0.05) is 13.8 Å². The second kappa shape index (κ2) is 6.48. The van der Waals surface area contributed by atoms with Crippen molar-refractivity contribution >= 4 is 5.78 Å². The van der Waals surface area contributed by atoms with Crippen molar-refractivity contribution in [3.8, 4) is 11.5 Å². The Morgan fingerprint density at radius 2 is 2.05 bits per heavy atom. The van der Waals surface area contributed by atoms with Gasteiger partial charge in [0.1, 0.15) is 11.5 Å². The Bertz CT molecular complexity index is 505. The molecule has 1 aromatic carbocycles. The maximum atomic E-state index is 13.0. The van der Waals surface area contributed by atoms with Gasteiger partial charge in [0.2, 0.25) is 0 Å². The zero-order valence-electron chi connectivity index (χ0n) is 13.4. The van der Waals surface area contributed by atoms with E-state index >= 15 is 0 Å². The van der Waals surface area contributed by atoms with Gasteiger partial charge in [0.05, 0.1) is 19.8 Å². The standard InChI is InChI=1S/C17H25NO3/c1-17(2,12-6-5-9-18-11-12)16(19)14-8-7-13(20-3)10-15(14)21-4/h7-8,10,12,18H,5-6,9,11H2,1-4H3. The second-order valence-electron chi connectivity index (χ2n) is 6.16. The number of rotatable bonds is 5. The number of carbonyl (C=O) groups excluding carboxylic acids is 1. The smallest absolute Gasteiger partial charge is 0.172 e. The fraction of sp³-hybridized carbons (Fsp3) is 0.588. The van der Waals surface area contributed by atoms with Crippen LogP contribution >= 0.6 is 0 Å². The maximum Gasteiger partial charge on any atom is 0.172 e. The number of benzene rings is 1. The molecule has 21 heavy (non-hydrogen) atoms. The summed E-state index contributed by atoms with van der Waals surface area (Å²) in [5.74, 6) is 1.76. The number of ether oxygens (including phenoxy) is 2. The first kappa shape index (κ1) is 15.8. The van der Waals surface area contributed by atoms with Crippen LogP contribution in [0.5, 0.6) is 11.5 Å². The molecule has 4 heteroatoms. The van der Waals surface area contributed by atoms with Crippen LogP contribution in [0.3, 0.4) is 0 Å². The number of nitrogens with one attached hydrogen (secondary N) is 1. The molecular weight excluding hydrogens is 266 g/mol. The molecule has 0 amide bonds. The molecule has 1 atom stereocenters. The predicted octanol–water partition coefficient (Wildman–Crippen LogP) is 2.91. The van der Waals surface area contributed by atoms with Gasteiger partial charge in [0.15, 0.2) is 5.78 Å². The van der Waals surface area contributed by atoms with Crippen LogP contribution in [0.4, 0.5) is 0 Å². The minimum atomic E-state index is -0.407. The molecular formula is C17H25NO3. The van der Waals surface area contributed by atoms with Crippen molar-refractivity contribution < 1.29 is 14.3 Å². The molecule has 0 bridgehead atoms. The van der Waals surface area contributed by atoms with Crippen molar-refractivity contribution in [3.05, 3.63) is 23.8 Å². The van der Waals surface area contributed by atoms with Crippen LogP contribution in [0.25, 0.3) is 0 Å². The summed E-state index contributed by atoms with van der Waals surface area (Å²) in [7, 11) is 3.19. The summed E-state index contributed by atoms with van der Waals surface area (Å²) in [6.07, 6.45) is 2.21. The lowest BCUT2D eigenvalue weighted by Crippen LogP contribution is -2.42. The third-order valence-corrected chi connectivity index (χ3v) is 4.56. The van der Waals surface area contributed by atoms with Gasteiger partial charge in [-0.25, -0.2) is 0 Å². The van der Waals surface area contributed by atoms with E-state index in [4.69, 9.17) is 9.47 Å². The SMILES string of the molecule is COc1ccc(C(=O)C(C)(C)C2CCCNC2)c(OC)c1. The largest absolute Gasteiger partial charge is 0.497 e. The van der Waals surface area contributed by atoms with Crippen LogP contribution < -0.4 is 14.8 Å². The van der Waals surface area contributed by atoms with E-state index in [0.717, 1.165) is 25.9 Å². The van der Waals surface area contributed by atoms with Crippen molar-refractivity contribution in [1.29, 1.82) is 0 Å². The minimum absolute atomic E-state index is 0.135. The average Bonchev–Trinajstić information content (AvgIpc) is 2.54. The third kappa shape index (κ3) is 3.21. The average molecular weight is 291 g/mol. The molecule has 1 unspecified atom stereocenters. The molecule has 1 saturated heterocycles. The molecule has 2 rings (SSSR count). The highest BCUT2D eigenvalue weighted by molar-refractivity contribution is 6.02. The summed E-state index contributed by atoms with van der Waals surface area (Å²) in [6, 6.07) is 5.38. The summed E-state index contributed by atoms with van der Waals surface area (Å²) < 4.78 is 10.6. The minimum Gasteiger partial charge on any atom is -0.497 e. The van der Waals surface area contributed by atoms with E-state index < -0.39 is 5.41 Å². The summed E-state index contributed by atoms with van der Waals surface area (Å²) in [5, 5.41) is 3.39. The summed E-state index contributed by atoms with van der Waals surface area (Å²) >= 11 is 0. The van der Waals surface area contributed by atoms with Crippen molar-refractivity contribution in [2.24, 2.45) is 11.3 Å². The van der Waals surface area contributed by atoms with E-state index in [1.807, 2.05) is 19.9 Å². The lowest BCUT2D eigenvalue weighted by Gasteiger charge is -2.36. The Kier molecular flexibility index (Phi) is 4.88. The summed E-state index contributed by atoms with van der Waals surface area (Å²) in [4.78, 5) is 13.0. The molecule has 1 fully saturated rings. The number of hydrogen-bond acceptors (Lipinski definition) is 4. The zero-order chi connectivity index (χ0) is 15.5. The highest BCUT2D eigenvalue weighted by Gasteiger charge is 2.38. The second-order valence-corrected chi connectivity index (χ2v) is 6.16. The lowest BCUT2D eigenvalue weighted by molar-refractivity contribution is 0.0705. The van der Waals surface area contributed by atoms with Gasteiger partial charge in [-0.3, -0.25) is 4.79 Å². The first-order valence-corrected chi connectivity index (χ1v) is 7.48. The molecule has 0 saturated carbocycles. The van der Waals surface area contributed by atoms with Gasteiger partial charge in [0.25, 0.3) is 0 Å². The van der Waals surface area contributed by atoms with Crippen LogP contribution in [0.2, 0.25) is 0 Å². The Labute approximate surface area is 126 Å². The molecule has 116 valence electrons. The normalized spacial score (nSPS) is 19.1. The third-order valence-electron chi connectivity index (χ3n) is 4.56. The summed E-state index contributed by atoms with van der Waals surface area (Å²) in [6.45, 7) is 6.02. The van der Waals surface area contributed by atoms with E-state index in [0.29, 0.717) is 23.0 Å². The van der Waals surface area contributed by atoms with Gasteiger partial charge in [-0.05, 0) is 44.0 Å². The van der Waals surface area contributed by atoms with E-state index in [1.54, 1.807) is 26.4 Å². The van der Waals surface area contributed by atoms with Crippen molar-refractivity contribution in [1.82, 2.24) is 5.32 Å². The van der Waals surface area contributed by atoms with Crippen molar-refractivity contribution in [2.45, 2.75) is 26.7 Å². The highest BCUT2D eigenvalue weighted by Crippen LogP contribution is 2.38. The summed E-state index contributed by atoms with van der Waals surface area (Å²) in [5.41, 5.74) is 0.226. The fourth-order valence-corrected chi connectivity index (χ4v) is 2.99. The van der Waals surface area contributed by atoms with Gasteiger partial charge < -0.3 is 14.8 Å². The molecule has 1 aliphatic rings. The van der Waals surface area contributed by atoms with Gasteiger partial charge in [-0.15, -0.1) is 0 Å². The van der Waals surface area contributed by atoms with Gasteiger partial charge in [0, 0.05) is 11.5 Å². The Morgan fingerprint density at radius 3 is 2.62 bits per heavy atom. The molecule has 4 nitrogen and oxygen atoms in total. The van der Waals surface area contributed by atoms with Gasteiger partial charge >= 0.3 is 0 Å². The van der Waals surface area contributed by atoms with Crippen LogP contribution in [-0.2, 0) is 0 Å². The van der Waals surface area contributed by atoms with Crippen LogP contribution in [0.15, 0.2) is 18.2 Å². The monoisotopic (exact) mass is 291 g/mol. The number of hydrogen-bond donors (Lipinski definition) is 1. The van der Waals surface area contributed by atoms with Crippen LogP contribution in [0, 0.1) is 11.3 Å². The fourth-order valence-electron chi connectivity index (χ4n) is 2.99. The predicted molar refractivity (Wildman–Crippen MR) is 83.3 cm³/mol. The van der Waals surface area contributed by atoms with E-state index in [-0.39, 0.29) is 5.78 Å². The first-order chi connectivity index (χ1) is 10.0. The molecule has 0 aliphatic carbocycles. The number of Topliss-reactive ketones (excluding diaryl/α,β-unsaturated/α-hetero) is 1. The molecule has 0 spiro atoms. The molecule has 0 radical (unpaired) electrons. The molecule has 1 aromatic rings.